The number of esters is 1. The Kier molecular flexibility index (Phi) is 8.59. The molecule has 0 aromatic heterocycles. The summed E-state index contributed by atoms with van der Waals surface area (Å²) in [5.74, 6) is 0.371. The number of rotatable bonds is 8. The third kappa shape index (κ3) is 8.02. The Morgan fingerprint density at radius 3 is 2.64 bits per heavy atom. The first-order valence-electron chi connectivity index (χ1n) is 5.42. The first-order chi connectivity index (χ1) is 6.70. The van der Waals surface area contributed by atoms with Crippen molar-refractivity contribution >= 4 is 5.97 Å². The van der Waals surface area contributed by atoms with Gasteiger partial charge in [-0.15, -0.1) is 0 Å². The third-order valence-corrected chi connectivity index (χ3v) is 2.23. The average Bonchev–Trinajstić information content (AvgIpc) is 2.16. The van der Waals surface area contributed by atoms with Crippen LogP contribution in [0, 0.1) is 5.92 Å². The second-order valence-corrected chi connectivity index (χ2v) is 3.63. The van der Waals surface area contributed by atoms with Crippen LogP contribution in [0.15, 0.2) is 0 Å². The fraction of sp³-hybridized carbons (Fsp3) is 0.909. The lowest BCUT2D eigenvalue weighted by Crippen LogP contribution is -2.06. The molecule has 0 heterocycles. The molecule has 1 unspecified atom stereocenters. The van der Waals surface area contributed by atoms with Gasteiger partial charge in [-0.05, 0) is 25.7 Å². The van der Waals surface area contributed by atoms with E-state index >= 15 is 0 Å². The van der Waals surface area contributed by atoms with Crippen molar-refractivity contribution in [2.24, 2.45) is 5.92 Å². The van der Waals surface area contributed by atoms with Crippen LogP contribution in [-0.4, -0.2) is 19.3 Å². The summed E-state index contributed by atoms with van der Waals surface area (Å²) in [5.41, 5.74) is 0. The molecule has 0 N–H and O–H groups in total. The fourth-order valence-corrected chi connectivity index (χ4v) is 1.33. The lowest BCUT2D eigenvalue weighted by Gasteiger charge is -2.09. The van der Waals surface area contributed by atoms with Crippen LogP contribution < -0.4 is 0 Å². The van der Waals surface area contributed by atoms with E-state index in [1.54, 1.807) is 0 Å². The Hall–Kier alpha value is -0.600. The van der Waals surface area contributed by atoms with Gasteiger partial charge in [-0.3, -0.25) is 9.18 Å². The molecule has 84 valence electrons. The van der Waals surface area contributed by atoms with Gasteiger partial charge in [0, 0.05) is 6.42 Å². The Bertz CT molecular complexity index is 148. The number of carbonyl (C=O) groups excluding carboxylic acids is 1. The monoisotopic (exact) mass is 203 g/mol. The molecule has 0 radical (unpaired) electrons. The van der Waals surface area contributed by atoms with Crippen LogP contribution in [0.5, 0.6) is 0 Å². The highest BCUT2D eigenvalue weighted by atomic mass is 18.2. The van der Waals surface area contributed by atoms with Crippen molar-refractivity contribution in [1.29, 1.82) is 0 Å². The summed E-state index contributed by atoms with van der Waals surface area (Å²) >= 11 is 0. The zero-order valence-corrected chi connectivity index (χ0v) is 9.22. The lowest BCUT2D eigenvalue weighted by atomic mass is 9.99. The smallest absolute Gasteiger partial charge is 0.305 e. The molecule has 0 amide bonds. The first-order valence-corrected chi connectivity index (χ1v) is 5.42. The minimum atomic E-state index is -0.232. The zero-order chi connectivity index (χ0) is 10.8. The molecular weight excluding hydrogens is 182 g/mol. The molecular formula is C11H21FO2. The molecule has 0 aromatic rings. The van der Waals surface area contributed by atoms with Gasteiger partial charge in [0.05, 0.1) is 13.3 Å². The van der Waals surface area contributed by atoms with Crippen LogP contribution in [0.25, 0.3) is 0 Å². The van der Waals surface area contributed by atoms with Gasteiger partial charge in [0.15, 0.2) is 0 Å². The largest absolute Gasteiger partial charge is 0.466 e. The zero-order valence-electron chi connectivity index (χ0n) is 9.22. The second kappa shape index (κ2) is 8.97. The van der Waals surface area contributed by atoms with E-state index in [0.29, 0.717) is 25.4 Å². The number of carbonyl (C=O) groups is 1. The minimum Gasteiger partial charge on any atom is -0.466 e. The topological polar surface area (TPSA) is 26.3 Å². The van der Waals surface area contributed by atoms with Crippen LogP contribution in [0.2, 0.25) is 0 Å². The van der Waals surface area contributed by atoms with Gasteiger partial charge in [-0.2, -0.15) is 0 Å². The summed E-state index contributed by atoms with van der Waals surface area (Å²) in [7, 11) is 0. The molecule has 0 saturated carbocycles. The van der Waals surface area contributed by atoms with Crippen molar-refractivity contribution in [3.8, 4) is 0 Å². The molecule has 0 bridgehead atoms. The Morgan fingerprint density at radius 1 is 1.36 bits per heavy atom. The summed E-state index contributed by atoms with van der Waals surface area (Å²) < 4.78 is 16.6. The molecule has 0 aromatic carbocycles. The van der Waals surface area contributed by atoms with E-state index in [9.17, 15) is 9.18 Å². The molecule has 14 heavy (non-hydrogen) atoms. The van der Waals surface area contributed by atoms with Crippen molar-refractivity contribution < 1.29 is 13.9 Å². The van der Waals surface area contributed by atoms with Crippen molar-refractivity contribution in [1.82, 2.24) is 0 Å². The molecule has 0 fully saturated rings. The Labute approximate surface area is 85.8 Å². The molecule has 3 heteroatoms. The van der Waals surface area contributed by atoms with E-state index < -0.39 is 0 Å². The van der Waals surface area contributed by atoms with E-state index in [-0.39, 0.29) is 12.6 Å². The third-order valence-electron chi connectivity index (χ3n) is 2.23. The van der Waals surface area contributed by atoms with Gasteiger partial charge < -0.3 is 4.74 Å². The van der Waals surface area contributed by atoms with E-state index in [2.05, 4.69) is 6.92 Å². The van der Waals surface area contributed by atoms with E-state index in [1.165, 1.54) is 0 Å². The number of hydrogen-bond donors (Lipinski definition) is 0. The Balaban J connectivity index is 3.33. The molecule has 0 saturated heterocycles. The van der Waals surface area contributed by atoms with E-state index in [0.717, 1.165) is 19.3 Å². The van der Waals surface area contributed by atoms with Gasteiger partial charge in [0.2, 0.25) is 0 Å². The molecule has 0 aliphatic rings. The van der Waals surface area contributed by atoms with Crippen molar-refractivity contribution in [2.45, 2.75) is 46.0 Å². The predicted molar refractivity (Wildman–Crippen MR) is 54.9 cm³/mol. The lowest BCUT2D eigenvalue weighted by molar-refractivity contribution is -0.143. The second-order valence-electron chi connectivity index (χ2n) is 3.63. The standard InChI is InChI=1S/C11H21FO2/c1-3-14-11(13)8-7-10(2)6-4-5-9-12/h10H,3-9H2,1-2H3/i12-1. The van der Waals surface area contributed by atoms with E-state index in [4.69, 9.17) is 4.74 Å². The molecule has 0 spiro atoms. The van der Waals surface area contributed by atoms with Crippen LogP contribution in [-0.2, 0) is 9.53 Å². The minimum absolute atomic E-state index is 0.121. The maximum Gasteiger partial charge on any atom is 0.305 e. The van der Waals surface area contributed by atoms with Crippen LogP contribution in [0.4, 0.5) is 4.39 Å². The van der Waals surface area contributed by atoms with Gasteiger partial charge in [0.25, 0.3) is 0 Å². The van der Waals surface area contributed by atoms with Crippen molar-refractivity contribution in [3.05, 3.63) is 0 Å². The summed E-state index contributed by atoms with van der Waals surface area (Å²) in [6.45, 7) is 4.12. The van der Waals surface area contributed by atoms with Gasteiger partial charge in [-0.1, -0.05) is 19.8 Å². The molecule has 1 atom stereocenters. The molecule has 0 aliphatic carbocycles. The average molecular weight is 203 g/mol. The summed E-state index contributed by atoms with van der Waals surface area (Å²) in [4.78, 5) is 11.0. The first kappa shape index (κ1) is 13.4. The van der Waals surface area contributed by atoms with Crippen LogP contribution >= 0.6 is 0 Å². The quantitative estimate of drug-likeness (QED) is 0.447. The highest BCUT2D eigenvalue weighted by molar-refractivity contribution is 5.69. The van der Waals surface area contributed by atoms with E-state index in [1.807, 2.05) is 6.92 Å². The summed E-state index contributed by atoms with van der Waals surface area (Å²) in [5, 5.41) is 0. The number of ether oxygens (including phenoxy) is 1. The highest BCUT2D eigenvalue weighted by Gasteiger charge is 2.06. The highest BCUT2D eigenvalue weighted by Crippen LogP contribution is 2.14. The predicted octanol–water partition coefficient (Wildman–Crippen LogP) is 3.11. The van der Waals surface area contributed by atoms with Crippen LogP contribution in [0.3, 0.4) is 0 Å². The molecule has 0 rings (SSSR count). The summed E-state index contributed by atoms with van der Waals surface area (Å²) in [6.07, 6.45) is 3.91. The number of unbranched alkanes of at least 4 members (excludes halogenated alkanes) is 1. The van der Waals surface area contributed by atoms with Gasteiger partial charge in [-0.25, -0.2) is 0 Å². The normalized spacial score (nSPS) is 12.5. The number of halogens is 1. The van der Waals surface area contributed by atoms with Gasteiger partial charge >= 0.3 is 5.97 Å². The summed E-state index contributed by atoms with van der Waals surface area (Å²) in [6, 6.07) is 0. The SMILES string of the molecule is CCOC(=O)CCC(C)CCCC[18F]. The van der Waals surface area contributed by atoms with Crippen molar-refractivity contribution in [3.63, 3.8) is 0 Å². The number of alkyl halides is 1. The fourth-order valence-electron chi connectivity index (χ4n) is 1.33. The van der Waals surface area contributed by atoms with Crippen LogP contribution in [0.1, 0.15) is 46.0 Å². The van der Waals surface area contributed by atoms with Crippen molar-refractivity contribution in [2.75, 3.05) is 13.3 Å². The molecule has 2 nitrogen and oxygen atoms in total. The maximum atomic E-state index is 11.8. The molecule has 0 aliphatic heterocycles. The Morgan fingerprint density at radius 2 is 2.07 bits per heavy atom. The number of hydrogen-bond acceptors (Lipinski definition) is 2. The maximum absolute atomic E-state index is 11.8. The van der Waals surface area contributed by atoms with Gasteiger partial charge in [0.1, 0.15) is 0 Å².